The Balaban J connectivity index is 2.38. The lowest BCUT2D eigenvalue weighted by atomic mass is 10.3. The van der Waals surface area contributed by atoms with E-state index in [4.69, 9.17) is 9.47 Å². The molecule has 2 atom stereocenters. The molecule has 0 spiro atoms. The number of guanidine groups is 1. The second-order valence-electron chi connectivity index (χ2n) is 4.84. The summed E-state index contributed by atoms with van der Waals surface area (Å²) >= 11 is 0. The fourth-order valence-corrected chi connectivity index (χ4v) is 1.77. The molecule has 2 N–H and O–H groups in total. The van der Waals surface area contributed by atoms with Crippen LogP contribution in [0.15, 0.2) is 29.3 Å². The molecule has 21 heavy (non-hydrogen) atoms. The van der Waals surface area contributed by atoms with Crippen LogP contribution >= 0.6 is 0 Å². The number of hydrogen-bond donors (Lipinski definition) is 2. The SMILES string of the molecule is CN=C(NCC(C)Oc1cccc(F)c1)NC(C)COC. The molecular formula is C15H24FN3O2. The molecule has 1 rings (SSSR count). The number of ether oxygens (including phenoxy) is 2. The molecule has 0 saturated heterocycles. The third-order valence-corrected chi connectivity index (χ3v) is 2.71. The number of aliphatic imine (C=N–C) groups is 1. The van der Waals surface area contributed by atoms with Crippen LogP contribution in [0.1, 0.15) is 13.8 Å². The number of hydrogen-bond acceptors (Lipinski definition) is 3. The van der Waals surface area contributed by atoms with Crippen molar-refractivity contribution in [2.45, 2.75) is 26.0 Å². The van der Waals surface area contributed by atoms with Gasteiger partial charge in [-0.05, 0) is 26.0 Å². The van der Waals surface area contributed by atoms with Gasteiger partial charge >= 0.3 is 0 Å². The van der Waals surface area contributed by atoms with Gasteiger partial charge in [0.25, 0.3) is 0 Å². The van der Waals surface area contributed by atoms with E-state index in [1.54, 1.807) is 26.3 Å². The molecular weight excluding hydrogens is 273 g/mol. The molecule has 5 nitrogen and oxygen atoms in total. The summed E-state index contributed by atoms with van der Waals surface area (Å²) < 4.78 is 23.8. The molecule has 0 heterocycles. The van der Waals surface area contributed by atoms with Crippen molar-refractivity contribution in [3.05, 3.63) is 30.1 Å². The number of nitrogens with one attached hydrogen (secondary N) is 2. The standard InChI is InChI=1S/C15H24FN3O2/c1-11(10-20-4)19-15(17-3)18-9-12(2)21-14-7-5-6-13(16)8-14/h5-8,11-12H,9-10H2,1-4H3,(H2,17,18,19). The molecule has 0 fully saturated rings. The zero-order valence-electron chi connectivity index (χ0n) is 13.0. The number of rotatable bonds is 7. The quantitative estimate of drug-likeness (QED) is 0.595. The zero-order chi connectivity index (χ0) is 15.7. The van der Waals surface area contributed by atoms with Crippen LogP contribution < -0.4 is 15.4 Å². The van der Waals surface area contributed by atoms with E-state index in [-0.39, 0.29) is 18.0 Å². The first-order valence-electron chi connectivity index (χ1n) is 6.93. The average Bonchev–Trinajstić information content (AvgIpc) is 2.43. The summed E-state index contributed by atoms with van der Waals surface area (Å²) in [6, 6.07) is 6.26. The first-order chi connectivity index (χ1) is 10.0. The Kier molecular flexibility index (Phi) is 7.53. The maximum Gasteiger partial charge on any atom is 0.191 e. The van der Waals surface area contributed by atoms with E-state index in [9.17, 15) is 4.39 Å². The van der Waals surface area contributed by atoms with Gasteiger partial charge in [0.15, 0.2) is 5.96 Å². The number of halogens is 1. The first kappa shape index (κ1) is 17.2. The van der Waals surface area contributed by atoms with Crippen LogP contribution in [-0.4, -0.2) is 45.4 Å². The lowest BCUT2D eigenvalue weighted by molar-refractivity contribution is 0.178. The Morgan fingerprint density at radius 3 is 2.76 bits per heavy atom. The maximum absolute atomic E-state index is 13.1. The molecule has 6 heteroatoms. The minimum absolute atomic E-state index is 0.122. The molecule has 0 bridgehead atoms. The Morgan fingerprint density at radius 1 is 1.38 bits per heavy atom. The molecule has 2 unspecified atom stereocenters. The van der Waals surface area contributed by atoms with Crippen LogP contribution in [0.4, 0.5) is 4.39 Å². The van der Waals surface area contributed by atoms with Crippen LogP contribution in [0, 0.1) is 5.82 Å². The third kappa shape index (κ3) is 6.94. The molecule has 0 radical (unpaired) electrons. The van der Waals surface area contributed by atoms with Gasteiger partial charge in [-0.2, -0.15) is 0 Å². The summed E-state index contributed by atoms with van der Waals surface area (Å²) in [5.74, 6) is 0.882. The highest BCUT2D eigenvalue weighted by Gasteiger charge is 2.08. The van der Waals surface area contributed by atoms with E-state index in [1.807, 2.05) is 13.8 Å². The molecule has 118 valence electrons. The lowest BCUT2D eigenvalue weighted by Gasteiger charge is -2.20. The number of methoxy groups -OCH3 is 1. The van der Waals surface area contributed by atoms with Gasteiger partial charge in [0, 0.05) is 26.3 Å². The third-order valence-electron chi connectivity index (χ3n) is 2.71. The van der Waals surface area contributed by atoms with E-state index in [0.29, 0.717) is 24.9 Å². The minimum Gasteiger partial charge on any atom is -0.489 e. The second-order valence-corrected chi connectivity index (χ2v) is 4.84. The summed E-state index contributed by atoms with van der Waals surface area (Å²) in [6.07, 6.45) is -0.122. The predicted octanol–water partition coefficient (Wildman–Crippen LogP) is 1.79. The molecule has 0 amide bonds. The summed E-state index contributed by atoms with van der Waals surface area (Å²) in [7, 11) is 3.36. The summed E-state index contributed by atoms with van der Waals surface area (Å²) in [6.45, 7) is 5.05. The summed E-state index contributed by atoms with van der Waals surface area (Å²) in [4.78, 5) is 4.13. The van der Waals surface area contributed by atoms with E-state index >= 15 is 0 Å². The van der Waals surface area contributed by atoms with Crippen LogP contribution in [0.5, 0.6) is 5.75 Å². The van der Waals surface area contributed by atoms with Crippen LogP contribution in [0.3, 0.4) is 0 Å². The Labute approximate surface area is 125 Å². The fraction of sp³-hybridized carbons (Fsp3) is 0.533. The normalized spacial score (nSPS) is 14.4. The van der Waals surface area contributed by atoms with Crippen molar-refractivity contribution in [2.24, 2.45) is 4.99 Å². The predicted molar refractivity (Wildman–Crippen MR) is 82.3 cm³/mol. The molecule has 0 saturated carbocycles. The van der Waals surface area contributed by atoms with Gasteiger partial charge in [-0.3, -0.25) is 4.99 Å². The largest absolute Gasteiger partial charge is 0.489 e. The van der Waals surface area contributed by atoms with Crippen LogP contribution in [0.2, 0.25) is 0 Å². The van der Waals surface area contributed by atoms with Crippen molar-refractivity contribution < 1.29 is 13.9 Å². The second kappa shape index (κ2) is 9.18. The molecule has 0 aliphatic rings. The first-order valence-corrected chi connectivity index (χ1v) is 6.93. The van der Waals surface area contributed by atoms with E-state index < -0.39 is 0 Å². The van der Waals surface area contributed by atoms with Crippen molar-refractivity contribution >= 4 is 5.96 Å². The Bertz CT molecular complexity index is 454. The highest BCUT2D eigenvalue weighted by Crippen LogP contribution is 2.13. The van der Waals surface area contributed by atoms with Crippen molar-refractivity contribution in [3.63, 3.8) is 0 Å². The molecule has 0 aliphatic heterocycles. The van der Waals surface area contributed by atoms with Crippen molar-refractivity contribution in [1.29, 1.82) is 0 Å². The van der Waals surface area contributed by atoms with Gasteiger partial charge in [0.2, 0.25) is 0 Å². The molecule has 0 aliphatic carbocycles. The molecule has 1 aromatic rings. The molecule has 1 aromatic carbocycles. The number of nitrogens with zero attached hydrogens (tertiary/aromatic N) is 1. The molecule has 0 aromatic heterocycles. The van der Waals surface area contributed by atoms with Crippen molar-refractivity contribution in [2.75, 3.05) is 27.3 Å². The topological polar surface area (TPSA) is 54.9 Å². The van der Waals surface area contributed by atoms with Crippen LogP contribution in [-0.2, 0) is 4.74 Å². The lowest BCUT2D eigenvalue weighted by Crippen LogP contribution is -2.46. The van der Waals surface area contributed by atoms with E-state index in [0.717, 1.165) is 0 Å². The maximum atomic E-state index is 13.1. The fourth-order valence-electron chi connectivity index (χ4n) is 1.77. The van der Waals surface area contributed by atoms with Gasteiger partial charge < -0.3 is 20.1 Å². The van der Waals surface area contributed by atoms with Gasteiger partial charge in [0.1, 0.15) is 17.7 Å². The monoisotopic (exact) mass is 297 g/mol. The highest BCUT2D eigenvalue weighted by molar-refractivity contribution is 5.79. The smallest absolute Gasteiger partial charge is 0.191 e. The van der Waals surface area contributed by atoms with Gasteiger partial charge in [-0.15, -0.1) is 0 Å². The summed E-state index contributed by atoms with van der Waals surface area (Å²) in [5, 5.41) is 6.35. The van der Waals surface area contributed by atoms with Crippen molar-refractivity contribution in [1.82, 2.24) is 10.6 Å². The highest BCUT2D eigenvalue weighted by atomic mass is 19.1. The van der Waals surface area contributed by atoms with Gasteiger partial charge in [-0.25, -0.2) is 4.39 Å². The van der Waals surface area contributed by atoms with Gasteiger partial charge in [-0.1, -0.05) is 6.07 Å². The zero-order valence-corrected chi connectivity index (χ0v) is 13.0. The van der Waals surface area contributed by atoms with Crippen LogP contribution in [0.25, 0.3) is 0 Å². The van der Waals surface area contributed by atoms with E-state index in [2.05, 4.69) is 15.6 Å². The van der Waals surface area contributed by atoms with Crippen molar-refractivity contribution in [3.8, 4) is 5.75 Å². The average molecular weight is 297 g/mol. The Morgan fingerprint density at radius 2 is 2.14 bits per heavy atom. The van der Waals surface area contributed by atoms with Gasteiger partial charge in [0.05, 0.1) is 13.2 Å². The van der Waals surface area contributed by atoms with E-state index in [1.165, 1.54) is 12.1 Å². The summed E-state index contributed by atoms with van der Waals surface area (Å²) in [5.41, 5.74) is 0. The minimum atomic E-state index is -0.307. The Hall–Kier alpha value is -1.82. The number of benzene rings is 1.